The number of hydrogen-bond donors (Lipinski definition) is 0. The van der Waals surface area contributed by atoms with Gasteiger partial charge in [0.15, 0.2) is 12.2 Å². The van der Waals surface area contributed by atoms with E-state index in [1.807, 2.05) is 0 Å². The normalized spacial score (nSPS) is 30.5. The van der Waals surface area contributed by atoms with Crippen LogP contribution in [0.3, 0.4) is 0 Å². The van der Waals surface area contributed by atoms with E-state index in [9.17, 15) is 19.2 Å². The van der Waals surface area contributed by atoms with Crippen LogP contribution < -0.4 is 0 Å². The minimum atomic E-state index is -0.521. The van der Waals surface area contributed by atoms with Crippen LogP contribution in [0.15, 0.2) is 25.3 Å². The van der Waals surface area contributed by atoms with Crippen molar-refractivity contribution in [2.24, 2.45) is 11.8 Å². The van der Waals surface area contributed by atoms with Gasteiger partial charge in [-0.2, -0.15) is 0 Å². The summed E-state index contributed by atoms with van der Waals surface area (Å²) < 4.78 is 45.3. The van der Waals surface area contributed by atoms with Gasteiger partial charge in [0, 0.05) is 25.4 Å². The van der Waals surface area contributed by atoms with Gasteiger partial charge in [-0.15, -0.1) is 0 Å². The Kier molecular flexibility index (Phi) is 15.0. The third kappa shape index (κ3) is 11.2. The van der Waals surface area contributed by atoms with Crippen LogP contribution in [0.5, 0.6) is 0 Å². The van der Waals surface area contributed by atoms with E-state index in [0.717, 1.165) is 63.5 Å². The van der Waals surface area contributed by atoms with Crippen molar-refractivity contribution in [3.05, 3.63) is 25.3 Å². The molecule has 0 unspecified atom stereocenters. The van der Waals surface area contributed by atoms with Crippen molar-refractivity contribution in [2.75, 3.05) is 39.6 Å². The van der Waals surface area contributed by atoms with E-state index in [0.29, 0.717) is 52.1 Å². The zero-order valence-electron chi connectivity index (χ0n) is 26.8. The first kappa shape index (κ1) is 36.0. The molecule has 12 heteroatoms. The Morgan fingerprint density at radius 3 is 1.30 bits per heavy atom. The molecule has 2 aliphatic heterocycles. The second-order valence-electron chi connectivity index (χ2n) is 12.4. The van der Waals surface area contributed by atoms with Gasteiger partial charge in [0.25, 0.3) is 0 Å². The fraction of sp³-hybridized carbons (Fsp3) is 0.765. The smallest absolute Gasteiger partial charge is 0.330 e. The summed E-state index contributed by atoms with van der Waals surface area (Å²) in [5, 5.41) is 0. The molecule has 0 aromatic rings. The van der Waals surface area contributed by atoms with Crippen molar-refractivity contribution in [1.29, 1.82) is 0 Å². The summed E-state index contributed by atoms with van der Waals surface area (Å²) in [6.45, 7) is 9.06. The van der Waals surface area contributed by atoms with Crippen molar-refractivity contribution in [3.63, 3.8) is 0 Å². The van der Waals surface area contributed by atoms with Gasteiger partial charge in [-0.3, -0.25) is 9.59 Å². The Labute approximate surface area is 271 Å². The number of rotatable bonds is 18. The molecule has 12 nitrogen and oxygen atoms in total. The van der Waals surface area contributed by atoms with Crippen LogP contribution in [0.25, 0.3) is 0 Å². The molecule has 46 heavy (non-hydrogen) atoms. The molecule has 0 bridgehead atoms. The van der Waals surface area contributed by atoms with E-state index < -0.39 is 36.4 Å². The lowest BCUT2D eigenvalue weighted by Crippen LogP contribution is -2.38. The minimum Gasteiger partial charge on any atom is -0.463 e. The number of ether oxygens (including phenoxy) is 8. The first-order chi connectivity index (χ1) is 22.4. The third-order valence-electron chi connectivity index (χ3n) is 9.12. The van der Waals surface area contributed by atoms with E-state index in [4.69, 9.17) is 37.9 Å². The molecule has 2 saturated carbocycles. The molecule has 258 valence electrons. The molecular formula is C34H50O12. The maximum atomic E-state index is 13.0. The van der Waals surface area contributed by atoms with Crippen LogP contribution in [0.4, 0.5) is 0 Å². The molecule has 4 fully saturated rings. The number of esters is 4. The highest BCUT2D eigenvalue weighted by Crippen LogP contribution is 2.35. The lowest BCUT2D eigenvalue weighted by atomic mass is 9.87. The quantitative estimate of drug-likeness (QED) is 0.0922. The lowest BCUT2D eigenvalue weighted by molar-refractivity contribution is -0.162. The highest BCUT2D eigenvalue weighted by Gasteiger charge is 2.52. The molecule has 0 aromatic heterocycles. The summed E-state index contributed by atoms with van der Waals surface area (Å²) >= 11 is 0. The van der Waals surface area contributed by atoms with Crippen molar-refractivity contribution >= 4 is 23.9 Å². The summed E-state index contributed by atoms with van der Waals surface area (Å²) in [4.78, 5) is 48.0. The molecule has 0 amide bonds. The van der Waals surface area contributed by atoms with Crippen LogP contribution in [0, 0.1) is 11.8 Å². The van der Waals surface area contributed by atoms with Crippen LogP contribution >= 0.6 is 0 Å². The van der Waals surface area contributed by atoms with Crippen molar-refractivity contribution in [3.8, 4) is 0 Å². The summed E-state index contributed by atoms with van der Waals surface area (Å²) in [6.07, 6.45) is 9.58. The molecule has 2 saturated heterocycles. The SMILES string of the molecule is C=CC(=O)OCCCCOC1CCC(C(=O)O[C@H]2CO[C@@H]3[C@H]2OC[C@@H]3OC(=O)C2CCC(OCCCCOC(=O)C=C)CC2)CC1. The second kappa shape index (κ2) is 19.1. The second-order valence-corrected chi connectivity index (χ2v) is 12.4. The predicted molar refractivity (Wildman–Crippen MR) is 163 cm³/mol. The van der Waals surface area contributed by atoms with E-state index in [1.54, 1.807) is 0 Å². The number of hydrogen-bond acceptors (Lipinski definition) is 12. The van der Waals surface area contributed by atoms with Crippen LogP contribution in [0.2, 0.25) is 0 Å². The van der Waals surface area contributed by atoms with Crippen LogP contribution in [-0.4, -0.2) is 100 Å². The maximum Gasteiger partial charge on any atom is 0.330 e. The third-order valence-corrected chi connectivity index (χ3v) is 9.12. The van der Waals surface area contributed by atoms with Crippen LogP contribution in [0.1, 0.15) is 77.0 Å². The zero-order valence-corrected chi connectivity index (χ0v) is 26.8. The Hall–Kier alpha value is -2.80. The Balaban J connectivity index is 1.06. The topological polar surface area (TPSA) is 142 Å². The molecule has 4 aliphatic rings. The average Bonchev–Trinajstić information content (AvgIpc) is 3.67. The minimum absolute atomic E-state index is 0.113. The molecule has 0 aromatic carbocycles. The highest BCUT2D eigenvalue weighted by molar-refractivity contribution is 5.81. The summed E-state index contributed by atoms with van der Waals surface area (Å²) in [5.41, 5.74) is 0. The molecular weight excluding hydrogens is 600 g/mol. The molecule has 4 atom stereocenters. The summed E-state index contributed by atoms with van der Waals surface area (Å²) in [5.74, 6) is -1.68. The standard InChI is InChI=1S/C34H50O12/c1-3-29(35)41-19-7-5-17-39-25-13-9-23(10-14-25)33(37)45-27-21-43-32-28(22-44-31(27)32)46-34(38)24-11-15-26(16-12-24)40-18-6-8-20-42-30(36)4-2/h3-4,23-28,31-32H,1-2,5-22H2/t23?,24?,25?,26?,27-,28-,31-,32-/m0/s1. The molecule has 2 aliphatic carbocycles. The Bertz CT molecular complexity index is 934. The van der Waals surface area contributed by atoms with Gasteiger partial charge < -0.3 is 37.9 Å². The van der Waals surface area contributed by atoms with Crippen molar-refractivity contribution in [2.45, 2.75) is 114 Å². The summed E-state index contributed by atoms with van der Waals surface area (Å²) in [7, 11) is 0. The maximum absolute atomic E-state index is 13.0. The van der Waals surface area contributed by atoms with Gasteiger partial charge >= 0.3 is 23.9 Å². The largest absolute Gasteiger partial charge is 0.463 e. The van der Waals surface area contributed by atoms with Gasteiger partial charge in [-0.1, -0.05) is 13.2 Å². The monoisotopic (exact) mass is 650 g/mol. The Morgan fingerprint density at radius 1 is 0.565 bits per heavy atom. The molecule has 2 heterocycles. The van der Waals surface area contributed by atoms with Gasteiger partial charge in [0.1, 0.15) is 12.2 Å². The number of unbranched alkanes of at least 4 members (excludes halogenated alkanes) is 2. The molecule has 0 N–H and O–H groups in total. The van der Waals surface area contributed by atoms with E-state index >= 15 is 0 Å². The van der Waals surface area contributed by atoms with Crippen LogP contribution in [-0.2, 0) is 57.1 Å². The molecule has 0 radical (unpaired) electrons. The lowest BCUT2D eigenvalue weighted by Gasteiger charge is -2.28. The Morgan fingerprint density at radius 2 is 0.935 bits per heavy atom. The fourth-order valence-electron chi connectivity index (χ4n) is 6.42. The first-order valence-electron chi connectivity index (χ1n) is 16.8. The van der Waals surface area contributed by atoms with E-state index in [1.165, 1.54) is 0 Å². The van der Waals surface area contributed by atoms with Gasteiger partial charge in [-0.25, -0.2) is 9.59 Å². The first-order valence-corrected chi connectivity index (χ1v) is 16.8. The van der Waals surface area contributed by atoms with Gasteiger partial charge in [-0.05, 0) is 77.0 Å². The van der Waals surface area contributed by atoms with Crippen molar-refractivity contribution in [1.82, 2.24) is 0 Å². The number of fused-ring (bicyclic) bond motifs is 1. The molecule has 0 spiro atoms. The number of carbonyl (C=O) groups is 4. The zero-order chi connectivity index (χ0) is 32.7. The van der Waals surface area contributed by atoms with Gasteiger partial charge in [0.05, 0.1) is 50.5 Å². The highest BCUT2D eigenvalue weighted by atomic mass is 16.7. The predicted octanol–water partition coefficient (Wildman–Crippen LogP) is 3.78. The number of carbonyl (C=O) groups excluding carboxylic acids is 4. The summed E-state index contributed by atoms with van der Waals surface area (Å²) in [6, 6.07) is 0. The van der Waals surface area contributed by atoms with E-state index in [2.05, 4.69) is 13.2 Å². The average molecular weight is 651 g/mol. The fourth-order valence-corrected chi connectivity index (χ4v) is 6.42. The molecule has 4 rings (SSSR count). The van der Waals surface area contributed by atoms with Gasteiger partial charge in [0.2, 0.25) is 0 Å². The van der Waals surface area contributed by atoms with E-state index in [-0.39, 0.29) is 49.2 Å². The van der Waals surface area contributed by atoms with Crippen molar-refractivity contribution < 1.29 is 57.1 Å².